The van der Waals surface area contributed by atoms with Gasteiger partial charge in [0.2, 0.25) is 11.7 Å². The quantitative estimate of drug-likeness (QED) is 0.263. The SMILES string of the molecule is CCc1c(N2CCN(c3c(C)[nH]n(C(C)C)c3=O)CC2)c(=O)n2nc(C3=CCOCC3)nc2n1CC(=O)Nc1cc(F)c(C(F)(F)F)cc1C. The summed E-state index contributed by atoms with van der Waals surface area (Å²) >= 11 is 0. The number of carbonyl (C=O) groups excluding carboxylic acids is 1. The van der Waals surface area contributed by atoms with Crippen molar-refractivity contribution in [2.45, 2.75) is 66.2 Å². The van der Waals surface area contributed by atoms with Crippen molar-refractivity contribution in [3.05, 3.63) is 73.1 Å². The number of aromatic nitrogens is 6. The van der Waals surface area contributed by atoms with Crippen LogP contribution in [-0.4, -0.2) is 74.2 Å². The largest absolute Gasteiger partial charge is 0.419 e. The number of aryl methyl sites for hydroxylation is 2. The highest BCUT2D eigenvalue weighted by molar-refractivity contribution is 5.92. The van der Waals surface area contributed by atoms with Gasteiger partial charge in [-0.1, -0.05) is 13.0 Å². The first-order valence-electron chi connectivity index (χ1n) is 16.5. The Morgan fingerprint density at radius 1 is 1.06 bits per heavy atom. The second kappa shape index (κ2) is 13.4. The lowest BCUT2D eigenvalue weighted by atomic mass is 10.1. The lowest BCUT2D eigenvalue weighted by molar-refractivity contribution is -0.140. The Bertz CT molecular complexity index is 2100. The van der Waals surface area contributed by atoms with E-state index >= 15 is 0 Å². The summed E-state index contributed by atoms with van der Waals surface area (Å²) in [5.74, 6) is -1.75. The Hall–Kier alpha value is -4.93. The Kier molecular flexibility index (Phi) is 9.37. The number of ether oxygens (including phenoxy) is 1. The van der Waals surface area contributed by atoms with Crippen LogP contribution >= 0.6 is 0 Å². The van der Waals surface area contributed by atoms with E-state index in [0.717, 1.165) is 11.3 Å². The number of anilines is 3. The molecule has 17 heteroatoms. The summed E-state index contributed by atoms with van der Waals surface area (Å²) in [4.78, 5) is 49.5. The normalized spacial score (nSPS) is 15.7. The molecular weight excluding hydrogens is 662 g/mol. The van der Waals surface area contributed by atoms with Gasteiger partial charge in [0.25, 0.3) is 11.1 Å². The fraction of sp³-hybridized carbons (Fsp3) is 0.485. The summed E-state index contributed by atoms with van der Waals surface area (Å²) in [7, 11) is 0. The fourth-order valence-corrected chi connectivity index (χ4v) is 6.61. The number of halogens is 4. The van der Waals surface area contributed by atoms with Gasteiger partial charge in [0.15, 0.2) is 5.82 Å². The van der Waals surface area contributed by atoms with Crippen molar-refractivity contribution >= 4 is 34.3 Å². The molecule has 5 heterocycles. The fourth-order valence-electron chi connectivity index (χ4n) is 6.61. The zero-order chi connectivity index (χ0) is 36.1. The topological polar surface area (TPSA) is 135 Å². The molecule has 13 nitrogen and oxygen atoms in total. The number of nitrogens with one attached hydrogen (secondary N) is 2. The van der Waals surface area contributed by atoms with Crippen LogP contribution in [0.4, 0.5) is 34.6 Å². The predicted octanol–water partition coefficient (Wildman–Crippen LogP) is 4.07. The minimum absolute atomic E-state index is 0.0282. The van der Waals surface area contributed by atoms with Crippen LogP contribution in [0.5, 0.6) is 0 Å². The van der Waals surface area contributed by atoms with E-state index < -0.39 is 29.0 Å². The van der Waals surface area contributed by atoms with E-state index in [9.17, 15) is 31.9 Å². The lowest BCUT2D eigenvalue weighted by Crippen LogP contribution is -2.50. The highest BCUT2D eigenvalue weighted by Crippen LogP contribution is 2.34. The van der Waals surface area contributed by atoms with E-state index in [1.807, 2.05) is 43.6 Å². The molecule has 0 bridgehead atoms. The summed E-state index contributed by atoms with van der Waals surface area (Å²) < 4.78 is 64.0. The van der Waals surface area contributed by atoms with E-state index in [2.05, 4.69) is 20.5 Å². The van der Waals surface area contributed by atoms with Crippen LogP contribution in [-0.2, 0) is 28.7 Å². The number of hydrogen-bond acceptors (Lipinski definition) is 8. The molecule has 3 aromatic heterocycles. The first-order valence-corrected chi connectivity index (χ1v) is 16.5. The molecule has 1 fully saturated rings. The van der Waals surface area contributed by atoms with Crippen molar-refractivity contribution in [3.8, 4) is 0 Å². The molecular formula is C33H39F4N9O4. The Labute approximate surface area is 284 Å². The van der Waals surface area contributed by atoms with Crippen molar-refractivity contribution in [3.63, 3.8) is 0 Å². The Balaban J connectivity index is 1.37. The second-order valence-corrected chi connectivity index (χ2v) is 12.8. The number of aromatic amines is 1. The maximum Gasteiger partial charge on any atom is 0.419 e. The van der Waals surface area contributed by atoms with Gasteiger partial charge in [0.1, 0.15) is 23.7 Å². The highest BCUT2D eigenvalue weighted by Gasteiger charge is 2.35. The maximum absolute atomic E-state index is 14.5. The van der Waals surface area contributed by atoms with Gasteiger partial charge in [0, 0.05) is 37.9 Å². The van der Waals surface area contributed by atoms with Gasteiger partial charge in [-0.15, -0.1) is 5.10 Å². The molecule has 2 N–H and O–H groups in total. The minimum Gasteiger partial charge on any atom is -0.377 e. The molecule has 2 aliphatic rings. The molecule has 0 spiro atoms. The number of H-pyrrole nitrogens is 1. The van der Waals surface area contributed by atoms with Gasteiger partial charge in [-0.05, 0) is 63.8 Å². The van der Waals surface area contributed by atoms with Crippen LogP contribution in [0.3, 0.4) is 0 Å². The van der Waals surface area contributed by atoms with Gasteiger partial charge in [-0.3, -0.25) is 19.5 Å². The molecule has 0 unspecified atom stereocenters. The van der Waals surface area contributed by atoms with Crippen molar-refractivity contribution in [2.24, 2.45) is 0 Å². The first kappa shape index (κ1) is 34.9. The molecule has 6 rings (SSSR count). The number of hydrogen-bond donors (Lipinski definition) is 2. The van der Waals surface area contributed by atoms with E-state index in [0.29, 0.717) is 87.3 Å². The third-order valence-corrected chi connectivity index (χ3v) is 9.10. The van der Waals surface area contributed by atoms with Crippen molar-refractivity contribution < 1.29 is 27.1 Å². The Morgan fingerprint density at radius 2 is 1.74 bits per heavy atom. The maximum atomic E-state index is 14.5. The molecule has 2 aliphatic heterocycles. The summed E-state index contributed by atoms with van der Waals surface area (Å²) in [6.07, 6.45) is -2.22. The molecule has 0 atom stereocenters. The number of alkyl halides is 3. The van der Waals surface area contributed by atoms with Gasteiger partial charge >= 0.3 is 6.18 Å². The summed E-state index contributed by atoms with van der Waals surface area (Å²) in [6.45, 7) is 11.0. The Morgan fingerprint density at radius 3 is 2.32 bits per heavy atom. The van der Waals surface area contributed by atoms with Gasteiger partial charge in [0.05, 0.1) is 30.2 Å². The van der Waals surface area contributed by atoms with Gasteiger partial charge in [-0.2, -0.15) is 22.7 Å². The number of nitrogens with zero attached hydrogens (tertiary/aromatic N) is 7. The zero-order valence-corrected chi connectivity index (χ0v) is 28.4. The van der Waals surface area contributed by atoms with Crippen LogP contribution in [0, 0.1) is 19.7 Å². The molecule has 0 saturated carbocycles. The van der Waals surface area contributed by atoms with E-state index in [1.165, 1.54) is 11.4 Å². The smallest absolute Gasteiger partial charge is 0.377 e. The molecule has 268 valence electrons. The molecule has 0 aliphatic carbocycles. The van der Waals surface area contributed by atoms with Crippen LogP contribution in [0.1, 0.15) is 61.6 Å². The third kappa shape index (κ3) is 6.41. The summed E-state index contributed by atoms with van der Waals surface area (Å²) in [5, 5.41) is 10.2. The van der Waals surface area contributed by atoms with Crippen LogP contribution in [0.25, 0.3) is 11.4 Å². The van der Waals surface area contributed by atoms with E-state index in [1.54, 1.807) is 9.25 Å². The van der Waals surface area contributed by atoms with E-state index in [-0.39, 0.29) is 35.2 Å². The number of fused-ring (bicyclic) bond motifs is 1. The first-order chi connectivity index (χ1) is 23.7. The van der Waals surface area contributed by atoms with Gasteiger partial charge in [-0.25, -0.2) is 9.07 Å². The van der Waals surface area contributed by atoms with Gasteiger partial charge < -0.3 is 24.4 Å². The van der Waals surface area contributed by atoms with Crippen LogP contribution in [0.2, 0.25) is 0 Å². The predicted molar refractivity (Wildman–Crippen MR) is 179 cm³/mol. The zero-order valence-electron chi connectivity index (χ0n) is 28.4. The van der Waals surface area contributed by atoms with E-state index in [4.69, 9.17) is 4.74 Å². The molecule has 0 radical (unpaired) electrons. The van der Waals surface area contributed by atoms with Crippen molar-refractivity contribution in [2.75, 3.05) is 54.5 Å². The highest BCUT2D eigenvalue weighted by atomic mass is 19.4. The second-order valence-electron chi connectivity index (χ2n) is 12.8. The molecule has 1 saturated heterocycles. The molecule has 1 amide bonds. The number of piperazine rings is 1. The number of amides is 1. The molecule has 4 aromatic rings. The van der Waals surface area contributed by atoms with Crippen molar-refractivity contribution in [1.29, 1.82) is 0 Å². The standard InChI is InChI=1S/C33H39F4N9O4/c1-6-25-28(43-11-9-42(10-12-43)27-20(5)40-45(18(2)3)30(27)48)31(49)46-32(39-29(41-46)21-7-13-50-14-8-21)44(25)17-26(47)38-24-16-23(34)22(15-19(24)4)33(35,36)37/h7,15-16,18,40H,6,8-14,17H2,1-5H3,(H,38,47). The summed E-state index contributed by atoms with van der Waals surface area (Å²) in [5.41, 5.74) is 0.898. The number of benzene rings is 1. The lowest BCUT2D eigenvalue weighted by Gasteiger charge is -2.37. The third-order valence-electron chi connectivity index (χ3n) is 9.10. The number of rotatable bonds is 8. The average Bonchev–Trinajstić information content (AvgIpc) is 3.65. The molecule has 1 aromatic carbocycles. The van der Waals surface area contributed by atoms with Crippen molar-refractivity contribution in [1.82, 2.24) is 28.9 Å². The van der Waals surface area contributed by atoms with Crippen LogP contribution < -0.4 is 26.2 Å². The summed E-state index contributed by atoms with van der Waals surface area (Å²) in [6, 6.07) is 1.26. The molecule has 50 heavy (non-hydrogen) atoms. The minimum atomic E-state index is -4.89. The number of carbonyl (C=O) groups is 1. The monoisotopic (exact) mass is 701 g/mol. The average molecular weight is 702 g/mol. The van der Waals surface area contributed by atoms with Crippen LogP contribution in [0.15, 0.2) is 27.8 Å².